The summed E-state index contributed by atoms with van der Waals surface area (Å²) in [6, 6.07) is 2.05. The molecule has 0 spiro atoms. The quantitative estimate of drug-likeness (QED) is 0.0454. The number of rotatable bonds is 9. The molecule has 85 heavy (non-hydrogen) atoms. The van der Waals surface area contributed by atoms with Gasteiger partial charge in [-0.3, -0.25) is 17.6 Å². The molecule has 31 heteroatoms. The van der Waals surface area contributed by atoms with E-state index in [2.05, 4.69) is 90.6 Å². The molecule has 10 radical (unpaired) electrons. The predicted octanol–water partition coefficient (Wildman–Crippen LogP) is 15.3. The Labute approximate surface area is 512 Å². The van der Waals surface area contributed by atoms with Crippen LogP contribution in [-0.4, -0.2) is 29.0 Å². The van der Waals surface area contributed by atoms with Crippen LogP contribution in [0.4, 0.5) is 110 Å². The predicted molar refractivity (Wildman–Crippen MR) is 264 cm³/mol. The second-order valence-electron chi connectivity index (χ2n) is 19.6. The van der Waals surface area contributed by atoms with Gasteiger partial charge < -0.3 is 0 Å². The summed E-state index contributed by atoms with van der Waals surface area (Å²) in [6.07, 6.45) is 14.9. The van der Waals surface area contributed by atoms with Gasteiger partial charge in [0, 0.05) is 26.2 Å². The Balaban J connectivity index is 0.000000467. The largest absolute Gasteiger partial charge is 2.00 e. The summed E-state index contributed by atoms with van der Waals surface area (Å²) >= 11 is 0. The third kappa shape index (κ3) is 17.4. The zero-order chi connectivity index (χ0) is 63.1. The molecule has 1 aliphatic heterocycles. The fraction of sp³-hybridized carbons (Fsp3) is 0.148. The minimum atomic E-state index is -5.66. The van der Waals surface area contributed by atoms with Gasteiger partial charge in [0.1, 0.15) is 41.0 Å². The summed E-state index contributed by atoms with van der Waals surface area (Å²) in [5, 5.41) is 0. The second-order valence-corrected chi connectivity index (χ2v) is 29.7. The Morgan fingerprint density at radius 3 is 0.776 bits per heavy atom. The fourth-order valence-corrected chi connectivity index (χ4v) is 10.2. The Hall–Kier alpha value is -4.10. The van der Waals surface area contributed by atoms with Crippen LogP contribution in [-0.2, 0) is 52.4 Å². The fourth-order valence-electron chi connectivity index (χ4n) is 7.78. The van der Waals surface area contributed by atoms with Gasteiger partial charge in [-0.25, -0.2) is 98.2 Å². The van der Waals surface area contributed by atoms with Crippen LogP contribution in [0.1, 0.15) is 6.42 Å². The standard InChI is InChI=1S/C26H10B2F15.2C8H13Si.2C6F5.2Zr/c29-12-9(13(30)19(36)24(41)18(12)35)28(8-4-3-7-27-5-1-2-6-27,10-14(31)20(37)25(42)21(38)15(10)32)11-16(33)22(39)26(43)23(40)17(11)34;2*1-9(2,3)8-6-4-5-7-8;2*7-2-1-3(8)5(10)6(11)4(2)9;;/h1-2,4-6,8H,3,7H2;2*4-7H,1-3H3;;;;/q-1;;;2*-1;;+2/b8-4+;;;;;;. The zero-order valence-corrected chi connectivity index (χ0v) is 51.0. The number of benzene rings is 5. The van der Waals surface area contributed by atoms with Crippen molar-refractivity contribution < 1.29 is 162 Å². The van der Waals surface area contributed by atoms with E-state index >= 15 is 26.3 Å². The zero-order valence-electron chi connectivity index (χ0n) is 44.1. The number of hydrogen-bond donors (Lipinski definition) is 0. The molecular formula is C54H36B2F25Si2Zr2-. The molecule has 450 valence electrons. The Kier molecular flexibility index (Phi) is 28.9. The van der Waals surface area contributed by atoms with Gasteiger partial charge in [0.25, 0.3) is 0 Å². The molecule has 0 amide bonds. The van der Waals surface area contributed by atoms with Crippen molar-refractivity contribution in [3.05, 3.63) is 256 Å². The maximum Gasteiger partial charge on any atom is 2.00 e. The van der Waals surface area contributed by atoms with Gasteiger partial charge in [-0.05, 0) is 68.9 Å². The van der Waals surface area contributed by atoms with Gasteiger partial charge in [0.2, 0.25) is 0 Å². The first-order chi connectivity index (χ1) is 38.4. The minimum Gasteiger partial charge on any atom is -0.278 e. The van der Waals surface area contributed by atoms with E-state index in [1.807, 2.05) is 0 Å². The Morgan fingerprint density at radius 1 is 0.353 bits per heavy atom. The van der Waals surface area contributed by atoms with Crippen LogP contribution in [0, 0.1) is 220 Å². The maximum absolute atomic E-state index is 15.3. The molecular weight excluding hydrogens is 1380 g/mol. The van der Waals surface area contributed by atoms with Crippen molar-refractivity contribution in [1.82, 2.24) is 0 Å². The molecule has 8 rings (SSSR count). The molecule has 2 saturated carbocycles. The minimum absolute atomic E-state index is 0. The normalized spacial score (nSPS) is 14.3. The van der Waals surface area contributed by atoms with Gasteiger partial charge in [-0.2, -0.15) is 0 Å². The van der Waals surface area contributed by atoms with E-state index in [1.54, 1.807) is 35.2 Å². The van der Waals surface area contributed by atoms with Gasteiger partial charge in [0.15, 0.2) is 59.1 Å². The first-order valence-electron chi connectivity index (χ1n) is 23.4. The molecule has 0 unspecified atom stereocenters. The number of hydrogen-bond acceptors (Lipinski definition) is 0. The molecule has 5 aromatic rings. The monoisotopic (exact) mass is 1420 g/mol. The molecule has 2 aliphatic carbocycles. The Bertz CT molecular complexity index is 2870. The average molecular weight is 1420 g/mol. The van der Waals surface area contributed by atoms with Crippen LogP contribution in [0.5, 0.6) is 0 Å². The van der Waals surface area contributed by atoms with Crippen molar-refractivity contribution in [2.75, 3.05) is 0 Å². The van der Waals surface area contributed by atoms with E-state index in [9.17, 15) is 83.4 Å². The molecule has 0 nitrogen and oxygen atoms in total. The third-order valence-corrected chi connectivity index (χ3v) is 16.2. The molecule has 0 bridgehead atoms. The summed E-state index contributed by atoms with van der Waals surface area (Å²) in [4.78, 5) is 0. The van der Waals surface area contributed by atoms with Crippen molar-refractivity contribution in [3.63, 3.8) is 0 Å². The van der Waals surface area contributed by atoms with Crippen molar-refractivity contribution in [2.24, 2.45) is 0 Å². The van der Waals surface area contributed by atoms with E-state index in [0.717, 1.165) is 12.1 Å². The summed E-state index contributed by atoms with van der Waals surface area (Å²) in [5.41, 5.74) is -4.84. The van der Waals surface area contributed by atoms with Crippen LogP contribution < -0.4 is 16.4 Å². The molecule has 3 aliphatic rings. The van der Waals surface area contributed by atoms with E-state index < -0.39 is 197 Å². The molecule has 2 fully saturated rings. The van der Waals surface area contributed by atoms with Crippen molar-refractivity contribution in [3.8, 4) is 0 Å². The molecule has 0 aromatic heterocycles. The summed E-state index contributed by atoms with van der Waals surface area (Å²) in [5.74, 6) is -62.3. The SMILES string of the molecule is C[Si](C)(C)[C]1[CH][CH][CH][CH]1.C[Si](C)(C)[C]1[CH][CH][CH][CH]1.Fc1[c-]c(F)c(F)c(F)c1F.Fc1[c-]c(F)c(F)c(F)c1F.Fc1c(F)c(F)c([B-](/C=C/CCB2C=CC=C2)(c2c(F)c(F)c(F)c(F)c2F)c2c(F)c(F)c(F)c(F)c2F)c(F)c1F.[Zr+2].[Zr]. The molecule has 0 N–H and O–H groups in total. The number of allylic oxidation sites excluding steroid dienone is 3. The first kappa shape index (κ1) is 77.0. The first-order valence-corrected chi connectivity index (χ1v) is 30.4. The average Bonchev–Trinajstić information content (AvgIpc) is 2.39. The summed E-state index contributed by atoms with van der Waals surface area (Å²) < 4.78 is 340. The molecule has 0 atom stereocenters. The van der Waals surface area contributed by atoms with Gasteiger partial charge in [-0.15, -0.1) is 46.5 Å². The summed E-state index contributed by atoms with van der Waals surface area (Å²) in [6.45, 7) is 13.8. The van der Waals surface area contributed by atoms with E-state index in [4.69, 9.17) is 0 Å². The molecule has 0 saturated heterocycles. The van der Waals surface area contributed by atoms with Crippen molar-refractivity contribution in [2.45, 2.75) is 52.0 Å². The smallest absolute Gasteiger partial charge is 0.278 e. The van der Waals surface area contributed by atoms with Crippen molar-refractivity contribution in [1.29, 1.82) is 0 Å². The Morgan fingerprint density at radius 2 is 0.565 bits per heavy atom. The third-order valence-electron chi connectivity index (χ3n) is 12.1. The van der Waals surface area contributed by atoms with Gasteiger partial charge >= 0.3 is 26.2 Å². The van der Waals surface area contributed by atoms with Gasteiger partial charge in [-0.1, -0.05) is 57.8 Å². The van der Waals surface area contributed by atoms with E-state index in [-0.39, 0.29) is 64.7 Å². The molecule has 1 heterocycles. The van der Waals surface area contributed by atoms with Crippen LogP contribution in [0.2, 0.25) is 45.6 Å². The summed E-state index contributed by atoms with van der Waals surface area (Å²) in [7, 11) is -1.96. The van der Waals surface area contributed by atoms with E-state index in [0.29, 0.717) is 6.08 Å². The van der Waals surface area contributed by atoms with Crippen LogP contribution in [0.15, 0.2) is 36.2 Å². The topological polar surface area (TPSA) is 0 Å². The van der Waals surface area contributed by atoms with Gasteiger partial charge in [0.05, 0.1) is 74.3 Å². The van der Waals surface area contributed by atoms with Crippen LogP contribution >= 0.6 is 0 Å². The second kappa shape index (κ2) is 31.9. The van der Waals surface area contributed by atoms with Crippen molar-refractivity contribution >= 4 is 45.4 Å². The van der Waals surface area contributed by atoms with Crippen LogP contribution in [0.25, 0.3) is 0 Å². The molecule has 5 aromatic carbocycles. The number of halogens is 25. The maximum atomic E-state index is 15.3. The van der Waals surface area contributed by atoms with E-state index in [1.165, 1.54) is 0 Å². The van der Waals surface area contributed by atoms with Crippen LogP contribution in [0.3, 0.4) is 0 Å².